The third-order valence-electron chi connectivity index (χ3n) is 10.1. The minimum absolute atomic E-state index is 0.202. The van der Waals surface area contributed by atoms with Gasteiger partial charge in [-0.05, 0) is 0 Å². The van der Waals surface area contributed by atoms with E-state index in [9.17, 15) is 8.78 Å². The number of hydrogen-bond donors (Lipinski definition) is 0. The number of halogens is 2. The second-order valence-corrected chi connectivity index (χ2v) is 58.6. The first kappa shape index (κ1) is 27.5. The molecule has 4 aromatic carbocycles. The van der Waals surface area contributed by atoms with Crippen LogP contribution in [0.5, 0.6) is 0 Å². The first-order valence-corrected chi connectivity index (χ1v) is 33.1. The van der Waals surface area contributed by atoms with Crippen LogP contribution >= 0.6 is 0 Å². The maximum atomic E-state index is 13.7. The van der Waals surface area contributed by atoms with Crippen molar-refractivity contribution < 1.29 is 25.9 Å². The van der Waals surface area contributed by atoms with Crippen molar-refractivity contribution in [1.82, 2.24) is 0 Å². The molecule has 0 N–H and O–H groups in total. The van der Waals surface area contributed by atoms with Crippen LogP contribution in [0.15, 0.2) is 97.1 Å². The third kappa shape index (κ3) is 4.21. The van der Waals surface area contributed by atoms with Crippen molar-refractivity contribution in [2.45, 2.75) is 42.6 Å². The fourth-order valence-electron chi connectivity index (χ4n) is 7.98. The zero-order valence-corrected chi connectivity index (χ0v) is 28.3. The Morgan fingerprint density at radius 2 is 1.00 bits per heavy atom. The van der Waals surface area contributed by atoms with E-state index in [0.29, 0.717) is 7.35 Å². The Morgan fingerprint density at radius 1 is 0.600 bits per heavy atom. The Morgan fingerprint density at radius 3 is 1.38 bits per heavy atom. The molecule has 0 saturated carbocycles. The van der Waals surface area contributed by atoms with Gasteiger partial charge in [0.2, 0.25) is 0 Å². The summed E-state index contributed by atoms with van der Waals surface area (Å²) in [6, 6.07) is 29.9. The Bertz CT molecular complexity index is 1610. The summed E-state index contributed by atoms with van der Waals surface area (Å²) in [5.41, 5.74) is 9.40. The van der Waals surface area contributed by atoms with Gasteiger partial charge in [0.05, 0.1) is 0 Å². The van der Waals surface area contributed by atoms with E-state index in [-0.39, 0.29) is 11.6 Å². The van der Waals surface area contributed by atoms with Crippen molar-refractivity contribution in [3.63, 3.8) is 0 Å². The fourth-order valence-corrected chi connectivity index (χ4v) is 64.3. The SMILES string of the molecule is CC[Si](CC)=[Hf]([CH3])([CH3])([CH]1C=Cc2c(-c3ccc(F)cc3)cccc21)[CH]1C=Cc2c(-c3ccc(F)cc3)cccc21. The molecule has 4 heteroatoms. The average Bonchev–Trinajstić information content (AvgIpc) is 3.61. The Kier molecular flexibility index (Phi) is 7.07. The van der Waals surface area contributed by atoms with Crippen molar-refractivity contribution in [2.24, 2.45) is 0 Å². The van der Waals surface area contributed by atoms with E-state index in [1.807, 2.05) is 24.3 Å². The van der Waals surface area contributed by atoms with Gasteiger partial charge in [-0.1, -0.05) is 0 Å². The van der Waals surface area contributed by atoms with Crippen LogP contribution in [-0.4, -0.2) is 5.49 Å². The molecule has 0 aliphatic heterocycles. The van der Waals surface area contributed by atoms with Gasteiger partial charge in [0, 0.05) is 0 Å². The number of allylic oxidation sites excluding steroid dienone is 2. The summed E-state index contributed by atoms with van der Waals surface area (Å²) in [4.78, 5) is 0. The Hall–Kier alpha value is -2.69. The molecule has 2 aliphatic carbocycles. The average molecular weight is 713 g/mol. The third-order valence-corrected chi connectivity index (χ3v) is 68.1. The van der Waals surface area contributed by atoms with E-state index in [1.54, 1.807) is 24.3 Å². The summed E-state index contributed by atoms with van der Waals surface area (Å²) in [5, 5.41) is 0. The Labute approximate surface area is 238 Å². The molecule has 6 rings (SSSR count). The first-order chi connectivity index (χ1) is 19.3. The van der Waals surface area contributed by atoms with E-state index in [0.717, 1.165) is 11.1 Å². The molecule has 0 amide bonds. The van der Waals surface area contributed by atoms with Crippen molar-refractivity contribution in [3.8, 4) is 22.3 Å². The van der Waals surface area contributed by atoms with Crippen LogP contribution in [0.2, 0.25) is 21.4 Å². The van der Waals surface area contributed by atoms with Crippen LogP contribution in [0.1, 0.15) is 43.5 Å². The zero-order chi connectivity index (χ0) is 28.1. The fraction of sp³-hybridized carbons (Fsp3) is 0.222. The molecule has 0 heterocycles. The van der Waals surface area contributed by atoms with Gasteiger partial charge in [0.25, 0.3) is 0 Å². The molecule has 0 aromatic heterocycles. The standard InChI is InChI=1S/2C15H10F.C4H10Si.2CH3.Hf/c2*16-13-9-7-12(8-10-13)15-6-2-4-11-3-1-5-14(11)15;1-3-5-4-2;;;/h2*1-10H;3-4H2,1-2H3;2*1H3;. The second kappa shape index (κ2) is 10.3. The molecule has 2 unspecified atom stereocenters. The summed E-state index contributed by atoms with van der Waals surface area (Å²) in [6.07, 6.45) is 9.81. The first-order valence-electron chi connectivity index (χ1n) is 14.4. The van der Waals surface area contributed by atoms with Crippen LogP contribution in [0.4, 0.5) is 8.78 Å². The van der Waals surface area contributed by atoms with E-state index in [1.165, 1.54) is 45.5 Å². The summed E-state index contributed by atoms with van der Waals surface area (Å²) in [6.45, 7) is 4.84. The molecule has 4 aromatic rings. The van der Waals surface area contributed by atoms with Gasteiger partial charge in [-0.15, -0.1) is 0 Å². The van der Waals surface area contributed by atoms with Crippen LogP contribution in [0.3, 0.4) is 0 Å². The summed E-state index contributed by atoms with van der Waals surface area (Å²) in [5.74, 6) is -0.405. The van der Waals surface area contributed by atoms with E-state index in [4.69, 9.17) is 0 Å². The molecular weight excluding hydrogens is 677 g/mol. The van der Waals surface area contributed by atoms with Crippen LogP contribution in [0, 0.1) is 11.6 Å². The van der Waals surface area contributed by atoms with Gasteiger partial charge in [0.1, 0.15) is 0 Å². The minimum atomic E-state index is -3.87. The monoisotopic (exact) mass is 714 g/mol. The molecule has 0 bridgehead atoms. The maximum absolute atomic E-state index is 13.7. The number of hydrogen-bond acceptors (Lipinski definition) is 0. The summed E-state index contributed by atoms with van der Waals surface area (Å²) >= 11 is -3.87. The number of fused-ring (bicyclic) bond motifs is 2. The van der Waals surface area contributed by atoms with Gasteiger partial charge >= 0.3 is 239 Å². The predicted octanol–water partition coefficient (Wildman–Crippen LogP) is 11.0. The van der Waals surface area contributed by atoms with Crippen LogP contribution in [0.25, 0.3) is 34.4 Å². The molecule has 2 atom stereocenters. The van der Waals surface area contributed by atoms with Gasteiger partial charge in [-0.25, -0.2) is 0 Å². The zero-order valence-electron chi connectivity index (χ0n) is 23.7. The van der Waals surface area contributed by atoms with Gasteiger partial charge < -0.3 is 0 Å². The predicted molar refractivity (Wildman–Crippen MR) is 166 cm³/mol. The number of rotatable bonds is 6. The van der Waals surface area contributed by atoms with Gasteiger partial charge in [0.15, 0.2) is 0 Å². The molecule has 0 nitrogen and oxygen atoms in total. The molecule has 40 heavy (non-hydrogen) atoms. The van der Waals surface area contributed by atoms with Crippen molar-refractivity contribution in [3.05, 3.63) is 131 Å². The van der Waals surface area contributed by atoms with E-state index < -0.39 is 22.6 Å². The molecular formula is C36H36F2HfSi. The molecule has 0 saturated heterocycles. The van der Waals surface area contributed by atoms with Crippen molar-refractivity contribution >= 4 is 17.6 Å². The van der Waals surface area contributed by atoms with Gasteiger partial charge in [-0.2, -0.15) is 0 Å². The molecule has 2 aliphatic rings. The van der Waals surface area contributed by atoms with E-state index >= 15 is 0 Å². The molecule has 202 valence electrons. The quantitative estimate of drug-likeness (QED) is 0.175. The molecule has 0 fully saturated rings. The molecule has 0 radical (unpaired) electrons. The Balaban J connectivity index is 1.54. The molecule has 0 spiro atoms. The second-order valence-electron chi connectivity index (χ2n) is 12.2. The topological polar surface area (TPSA) is 0 Å². The van der Waals surface area contributed by atoms with Crippen LogP contribution < -0.4 is 0 Å². The van der Waals surface area contributed by atoms with Crippen molar-refractivity contribution in [1.29, 1.82) is 0 Å². The van der Waals surface area contributed by atoms with Crippen LogP contribution in [-0.2, 0) is 17.1 Å². The van der Waals surface area contributed by atoms with E-state index in [2.05, 4.69) is 83.9 Å². The summed E-state index contributed by atoms with van der Waals surface area (Å²) in [7, 11) is 0. The normalized spacial score (nSPS) is 17.7. The van der Waals surface area contributed by atoms with Gasteiger partial charge in [-0.3, -0.25) is 0 Å². The number of benzene rings is 4. The summed E-state index contributed by atoms with van der Waals surface area (Å²) < 4.78 is 33.9. The van der Waals surface area contributed by atoms with Crippen molar-refractivity contribution in [2.75, 3.05) is 0 Å².